The predicted molar refractivity (Wildman–Crippen MR) is 65.7 cm³/mol. The van der Waals surface area contributed by atoms with Crippen molar-refractivity contribution in [2.24, 2.45) is 0 Å². The molecular weight excluding hydrogens is 237 g/mol. The Labute approximate surface area is 99.2 Å². The van der Waals surface area contributed by atoms with E-state index in [9.17, 15) is 0 Å². The molecular formula is C10H13Cl2NS. The van der Waals surface area contributed by atoms with Crippen molar-refractivity contribution in [3.05, 3.63) is 28.2 Å². The summed E-state index contributed by atoms with van der Waals surface area (Å²) in [7, 11) is 1.95. The Morgan fingerprint density at radius 3 is 2.64 bits per heavy atom. The SMILES string of the molecule is CNCC(C)Sc1ccc(Cl)c(Cl)c1. The molecule has 1 aromatic rings. The predicted octanol–water partition coefficient (Wildman–Crippen LogP) is 3.69. The highest BCUT2D eigenvalue weighted by Crippen LogP contribution is 2.29. The molecule has 0 aliphatic heterocycles. The lowest BCUT2D eigenvalue weighted by atomic mass is 10.4. The number of halogens is 2. The molecule has 78 valence electrons. The van der Waals surface area contributed by atoms with E-state index < -0.39 is 0 Å². The smallest absolute Gasteiger partial charge is 0.0603 e. The van der Waals surface area contributed by atoms with Gasteiger partial charge < -0.3 is 5.32 Å². The van der Waals surface area contributed by atoms with Crippen LogP contribution in [0.4, 0.5) is 0 Å². The molecule has 1 N–H and O–H groups in total. The minimum absolute atomic E-state index is 0.525. The van der Waals surface area contributed by atoms with Gasteiger partial charge in [-0.3, -0.25) is 0 Å². The maximum absolute atomic E-state index is 5.91. The molecule has 0 heterocycles. The van der Waals surface area contributed by atoms with Gasteiger partial charge >= 0.3 is 0 Å². The van der Waals surface area contributed by atoms with Crippen LogP contribution in [0.1, 0.15) is 6.92 Å². The van der Waals surface area contributed by atoms with Crippen LogP contribution in [0.3, 0.4) is 0 Å². The van der Waals surface area contributed by atoms with E-state index in [1.807, 2.05) is 25.2 Å². The summed E-state index contributed by atoms with van der Waals surface area (Å²) < 4.78 is 0. The summed E-state index contributed by atoms with van der Waals surface area (Å²) in [5.41, 5.74) is 0. The van der Waals surface area contributed by atoms with Crippen LogP contribution >= 0.6 is 35.0 Å². The Kier molecular flexibility index (Phi) is 5.10. The quantitative estimate of drug-likeness (QED) is 0.818. The molecule has 1 atom stereocenters. The number of thioether (sulfide) groups is 1. The van der Waals surface area contributed by atoms with E-state index in [1.165, 1.54) is 0 Å². The molecule has 1 nitrogen and oxygen atoms in total. The fraction of sp³-hybridized carbons (Fsp3) is 0.400. The van der Waals surface area contributed by atoms with Gasteiger partial charge in [-0.15, -0.1) is 11.8 Å². The van der Waals surface area contributed by atoms with Crippen molar-refractivity contribution in [2.45, 2.75) is 17.1 Å². The fourth-order valence-corrected chi connectivity index (χ4v) is 2.52. The first-order valence-corrected chi connectivity index (χ1v) is 6.03. The third-order valence-electron chi connectivity index (χ3n) is 1.72. The lowest BCUT2D eigenvalue weighted by Gasteiger charge is -2.10. The summed E-state index contributed by atoms with van der Waals surface area (Å²) in [4.78, 5) is 1.15. The van der Waals surface area contributed by atoms with Gasteiger partial charge in [-0.25, -0.2) is 0 Å². The van der Waals surface area contributed by atoms with Crippen LogP contribution in [0.15, 0.2) is 23.1 Å². The largest absolute Gasteiger partial charge is 0.319 e. The van der Waals surface area contributed by atoms with Gasteiger partial charge in [0.05, 0.1) is 10.0 Å². The highest BCUT2D eigenvalue weighted by molar-refractivity contribution is 8.00. The Hall–Kier alpha value is 0.110. The molecule has 0 aliphatic rings. The molecule has 1 rings (SSSR count). The average molecular weight is 250 g/mol. The molecule has 0 radical (unpaired) electrons. The summed E-state index contributed by atoms with van der Waals surface area (Å²) in [6.45, 7) is 3.15. The lowest BCUT2D eigenvalue weighted by molar-refractivity contribution is 0.785. The number of nitrogens with one attached hydrogen (secondary N) is 1. The second kappa shape index (κ2) is 5.86. The van der Waals surface area contributed by atoms with Crippen LogP contribution in [-0.4, -0.2) is 18.8 Å². The summed E-state index contributed by atoms with van der Waals surface area (Å²) in [5, 5.41) is 4.89. The summed E-state index contributed by atoms with van der Waals surface area (Å²) in [5.74, 6) is 0. The van der Waals surface area contributed by atoms with Crippen molar-refractivity contribution >= 4 is 35.0 Å². The zero-order valence-corrected chi connectivity index (χ0v) is 10.5. The van der Waals surface area contributed by atoms with E-state index in [4.69, 9.17) is 23.2 Å². The first kappa shape index (κ1) is 12.2. The standard InChI is InChI=1S/C10H13Cl2NS/c1-7(6-13-2)14-8-3-4-9(11)10(12)5-8/h3-5,7,13H,6H2,1-2H3. The topological polar surface area (TPSA) is 12.0 Å². The number of hydrogen-bond donors (Lipinski definition) is 1. The summed E-state index contributed by atoms with van der Waals surface area (Å²) in [6.07, 6.45) is 0. The van der Waals surface area contributed by atoms with Crippen LogP contribution < -0.4 is 5.32 Å². The molecule has 1 unspecified atom stereocenters. The lowest BCUT2D eigenvalue weighted by Crippen LogP contribution is -2.17. The van der Waals surface area contributed by atoms with Crippen LogP contribution in [0.2, 0.25) is 10.0 Å². The Morgan fingerprint density at radius 1 is 1.36 bits per heavy atom. The van der Waals surface area contributed by atoms with E-state index >= 15 is 0 Å². The summed E-state index contributed by atoms with van der Waals surface area (Å²) >= 11 is 13.5. The average Bonchev–Trinajstić information content (AvgIpc) is 2.12. The molecule has 0 aliphatic carbocycles. The third-order valence-corrected chi connectivity index (χ3v) is 3.55. The zero-order chi connectivity index (χ0) is 10.6. The first-order chi connectivity index (χ1) is 6.63. The van der Waals surface area contributed by atoms with Gasteiger partial charge in [0, 0.05) is 16.7 Å². The molecule has 0 fully saturated rings. The van der Waals surface area contributed by atoms with E-state index in [0.717, 1.165) is 11.4 Å². The maximum atomic E-state index is 5.91. The molecule has 0 amide bonds. The van der Waals surface area contributed by atoms with Crippen molar-refractivity contribution in [1.29, 1.82) is 0 Å². The van der Waals surface area contributed by atoms with Gasteiger partial charge in [-0.05, 0) is 25.2 Å². The second-order valence-electron chi connectivity index (χ2n) is 3.06. The second-order valence-corrected chi connectivity index (χ2v) is 5.39. The van der Waals surface area contributed by atoms with Gasteiger partial charge in [0.15, 0.2) is 0 Å². The van der Waals surface area contributed by atoms with Crippen molar-refractivity contribution in [1.82, 2.24) is 5.32 Å². The Morgan fingerprint density at radius 2 is 2.07 bits per heavy atom. The van der Waals surface area contributed by atoms with Gasteiger partial charge in [0.25, 0.3) is 0 Å². The van der Waals surface area contributed by atoms with Crippen molar-refractivity contribution in [3.8, 4) is 0 Å². The molecule has 0 aromatic heterocycles. The van der Waals surface area contributed by atoms with E-state index in [-0.39, 0.29) is 0 Å². The van der Waals surface area contributed by atoms with Crippen LogP contribution in [0.25, 0.3) is 0 Å². The molecule has 0 bridgehead atoms. The number of benzene rings is 1. The van der Waals surface area contributed by atoms with Gasteiger partial charge in [-0.1, -0.05) is 30.1 Å². The van der Waals surface area contributed by atoms with Gasteiger partial charge in [0.1, 0.15) is 0 Å². The number of hydrogen-bond acceptors (Lipinski definition) is 2. The minimum Gasteiger partial charge on any atom is -0.319 e. The van der Waals surface area contributed by atoms with Crippen LogP contribution in [0.5, 0.6) is 0 Å². The van der Waals surface area contributed by atoms with Gasteiger partial charge in [-0.2, -0.15) is 0 Å². The van der Waals surface area contributed by atoms with E-state index in [2.05, 4.69) is 12.2 Å². The first-order valence-electron chi connectivity index (χ1n) is 4.39. The van der Waals surface area contributed by atoms with E-state index in [0.29, 0.717) is 15.3 Å². The fourth-order valence-electron chi connectivity index (χ4n) is 1.11. The summed E-state index contributed by atoms with van der Waals surface area (Å²) in [6, 6.07) is 5.73. The van der Waals surface area contributed by atoms with Crippen LogP contribution in [0, 0.1) is 0 Å². The molecule has 0 saturated carbocycles. The molecule has 14 heavy (non-hydrogen) atoms. The minimum atomic E-state index is 0.525. The number of rotatable bonds is 4. The third kappa shape index (κ3) is 3.70. The molecule has 0 spiro atoms. The zero-order valence-electron chi connectivity index (χ0n) is 8.18. The molecule has 1 aromatic carbocycles. The van der Waals surface area contributed by atoms with Crippen molar-refractivity contribution < 1.29 is 0 Å². The Balaban J connectivity index is 2.63. The molecule has 0 saturated heterocycles. The van der Waals surface area contributed by atoms with E-state index in [1.54, 1.807) is 11.8 Å². The van der Waals surface area contributed by atoms with Crippen molar-refractivity contribution in [2.75, 3.05) is 13.6 Å². The Bertz CT molecular complexity index is 304. The van der Waals surface area contributed by atoms with Crippen LogP contribution in [-0.2, 0) is 0 Å². The maximum Gasteiger partial charge on any atom is 0.0603 e. The van der Waals surface area contributed by atoms with Crippen molar-refractivity contribution in [3.63, 3.8) is 0 Å². The highest BCUT2D eigenvalue weighted by atomic mass is 35.5. The monoisotopic (exact) mass is 249 g/mol. The molecule has 4 heteroatoms. The highest BCUT2D eigenvalue weighted by Gasteiger charge is 2.05. The normalized spacial score (nSPS) is 12.9. The van der Waals surface area contributed by atoms with Gasteiger partial charge in [0.2, 0.25) is 0 Å².